The number of carbonyl (C=O) groups is 2. The van der Waals surface area contributed by atoms with Crippen molar-refractivity contribution in [3.8, 4) is 5.88 Å². The summed E-state index contributed by atoms with van der Waals surface area (Å²) in [6.07, 6.45) is -12.4. The molecule has 234 valence electrons. The van der Waals surface area contributed by atoms with Crippen LogP contribution in [0.15, 0.2) is 48.5 Å². The van der Waals surface area contributed by atoms with E-state index in [1.165, 1.54) is 24.6 Å². The molecule has 0 unspecified atom stereocenters. The lowest BCUT2D eigenvalue weighted by atomic mass is 10.1. The largest absolute Gasteiger partial charge is 0.471 e. The van der Waals surface area contributed by atoms with Crippen molar-refractivity contribution >= 4 is 40.3 Å². The van der Waals surface area contributed by atoms with Crippen LogP contribution in [-0.4, -0.2) is 39.4 Å². The van der Waals surface area contributed by atoms with E-state index in [-0.39, 0.29) is 29.3 Å². The molecule has 0 aliphatic heterocycles. The number of rotatable bonds is 9. The van der Waals surface area contributed by atoms with Gasteiger partial charge in [0.2, 0.25) is 17.7 Å². The van der Waals surface area contributed by atoms with Crippen molar-refractivity contribution in [2.24, 2.45) is 7.05 Å². The molecule has 17 heteroatoms. The third kappa shape index (κ3) is 7.51. The molecule has 0 radical (unpaired) electrons. The van der Waals surface area contributed by atoms with Gasteiger partial charge in [-0.3, -0.25) is 14.2 Å². The van der Waals surface area contributed by atoms with Crippen LogP contribution < -0.4 is 20.7 Å². The highest BCUT2D eigenvalue weighted by Crippen LogP contribution is 2.37. The number of hydrogen-bond donors (Lipinski definition) is 3. The average molecular weight is 630 g/mol. The van der Waals surface area contributed by atoms with Crippen LogP contribution in [0, 0.1) is 0 Å². The fourth-order valence-corrected chi connectivity index (χ4v) is 3.96. The minimum absolute atomic E-state index is 0.0556. The highest BCUT2D eigenvalue weighted by Gasteiger charge is 2.34. The molecule has 0 atom stereocenters. The van der Waals surface area contributed by atoms with Crippen LogP contribution in [0.1, 0.15) is 34.0 Å². The molecular weight excluding hydrogens is 608 g/mol. The highest BCUT2D eigenvalue weighted by molar-refractivity contribution is 6.07. The Morgan fingerprint density at radius 1 is 0.955 bits per heavy atom. The lowest BCUT2D eigenvalue weighted by Gasteiger charge is -2.16. The molecule has 0 aliphatic rings. The number of halogens is 8. The second-order valence-corrected chi connectivity index (χ2v) is 9.32. The second-order valence-electron chi connectivity index (χ2n) is 9.32. The molecule has 0 fully saturated rings. The summed E-state index contributed by atoms with van der Waals surface area (Å²) < 4.78 is 112. The SMILES string of the molecule is CC(=O)NCc1ccc(C(F)(F)F)c(Nc2nc3cc(C(=O)Nc4ccc(C(F)(F)F)cc4)c(OCC(F)F)nc3n2C)c1. The third-order valence-corrected chi connectivity index (χ3v) is 6.05. The molecule has 0 bridgehead atoms. The third-order valence-electron chi connectivity index (χ3n) is 6.05. The Hall–Kier alpha value is -4.96. The van der Waals surface area contributed by atoms with Gasteiger partial charge in [0.25, 0.3) is 12.3 Å². The lowest BCUT2D eigenvalue weighted by molar-refractivity contribution is -0.138. The molecule has 3 N–H and O–H groups in total. The van der Waals surface area contributed by atoms with E-state index >= 15 is 0 Å². The van der Waals surface area contributed by atoms with Crippen molar-refractivity contribution in [3.63, 3.8) is 0 Å². The molecular formula is C27H22F8N6O3. The van der Waals surface area contributed by atoms with Gasteiger partial charge in [0.05, 0.1) is 16.8 Å². The van der Waals surface area contributed by atoms with E-state index in [1.54, 1.807) is 0 Å². The molecule has 0 saturated heterocycles. The molecule has 9 nitrogen and oxygen atoms in total. The summed E-state index contributed by atoms with van der Waals surface area (Å²) in [5.74, 6) is -2.16. The molecule has 0 aliphatic carbocycles. The van der Waals surface area contributed by atoms with E-state index in [0.717, 1.165) is 42.5 Å². The van der Waals surface area contributed by atoms with Crippen molar-refractivity contribution in [3.05, 3.63) is 70.8 Å². The van der Waals surface area contributed by atoms with Gasteiger partial charge in [-0.25, -0.2) is 13.8 Å². The maximum absolute atomic E-state index is 13.8. The van der Waals surface area contributed by atoms with Crippen molar-refractivity contribution in [2.45, 2.75) is 32.2 Å². The maximum atomic E-state index is 13.8. The molecule has 2 aromatic heterocycles. The number of carbonyl (C=O) groups excluding carboxylic acids is 2. The zero-order valence-corrected chi connectivity index (χ0v) is 22.7. The Morgan fingerprint density at radius 3 is 2.23 bits per heavy atom. The Labute approximate surface area is 243 Å². The molecule has 44 heavy (non-hydrogen) atoms. The summed E-state index contributed by atoms with van der Waals surface area (Å²) >= 11 is 0. The number of ether oxygens (including phenoxy) is 1. The van der Waals surface area contributed by atoms with Gasteiger partial charge in [-0.15, -0.1) is 0 Å². The van der Waals surface area contributed by atoms with Crippen LogP contribution in [0.3, 0.4) is 0 Å². The van der Waals surface area contributed by atoms with E-state index < -0.39 is 65.5 Å². The molecule has 2 heterocycles. The van der Waals surface area contributed by atoms with Crippen LogP contribution in [0.4, 0.5) is 52.4 Å². The topological polar surface area (TPSA) is 110 Å². The van der Waals surface area contributed by atoms with Gasteiger partial charge in [0, 0.05) is 26.2 Å². The Balaban J connectivity index is 1.72. The number of amides is 2. The van der Waals surface area contributed by atoms with Gasteiger partial charge in [-0.1, -0.05) is 6.07 Å². The zero-order valence-electron chi connectivity index (χ0n) is 22.7. The Bertz CT molecular complexity index is 1680. The Kier molecular flexibility index (Phi) is 8.96. The average Bonchev–Trinajstić information content (AvgIpc) is 3.23. The Morgan fingerprint density at radius 2 is 1.64 bits per heavy atom. The van der Waals surface area contributed by atoms with Gasteiger partial charge in [-0.2, -0.15) is 31.3 Å². The molecule has 2 aromatic carbocycles. The van der Waals surface area contributed by atoms with Crippen LogP contribution in [0.25, 0.3) is 11.2 Å². The van der Waals surface area contributed by atoms with Crippen molar-refractivity contribution in [1.29, 1.82) is 0 Å². The fraction of sp³-hybridized carbons (Fsp3) is 0.259. The van der Waals surface area contributed by atoms with Crippen molar-refractivity contribution in [2.75, 3.05) is 17.2 Å². The number of pyridine rings is 1. The van der Waals surface area contributed by atoms with Crippen LogP contribution in [0.5, 0.6) is 5.88 Å². The van der Waals surface area contributed by atoms with Gasteiger partial charge in [-0.05, 0) is 48.0 Å². The fourth-order valence-electron chi connectivity index (χ4n) is 3.96. The lowest BCUT2D eigenvalue weighted by Crippen LogP contribution is -2.19. The predicted molar refractivity (Wildman–Crippen MR) is 142 cm³/mol. The molecule has 4 aromatic rings. The zero-order chi connectivity index (χ0) is 32.4. The van der Waals surface area contributed by atoms with E-state index in [2.05, 4.69) is 25.9 Å². The number of anilines is 3. The van der Waals surface area contributed by atoms with Crippen LogP contribution in [0.2, 0.25) is 0 Å². The van der Waals surface area contributed by atoms with Crippen LogP contribution in [-0.2, 0) is 30.7 Å². The smallest absolute Gasteiger partial charge is 0.418 e. The van der Waals surface area contributed by atoms with Gasteiger partial charge >= 0.3 is 12.4 Å². The minimum atomic E-state index is -4.78. The number of hydrogen-bond acceptors (Lipinski definition) is 6. The molecule has 0 saturated carbocycles. The van der Waals surface area contributed by atoms with E-state index in [4.69, 9.17) is 4.74 Å². The first-order valence-electron chi connectivity index (χ1n) is 12.5. The number of aromatic nitrogens is 3. The predicted octanol–water partition coefficient (Wildman–Crippen LogP) is 6.28. The number of imidazole rings is 1. The number of benzene rings is 2. The van der Waals surface area contributed by atoms with Crippen molar-refractivity contribution in [1.82, 2.24) is 19.9 Å². The number of nitrogens with zero attached hydrogens (tertiary/aromatic N) is 3. The van der Waals surface area contributed by atoms with Crippen LogP contribution >= 0.6 is 0 Å². The van der Waals surface area contributed by atoms with Crippen molar-refractivity contribution < 1.29 is 49.4 Å². The quantitative estimate of drug-likeness (QED) is 0.188. The summed E-state index contributed by atoms with van der Waals surface area (Å²) in [4.78, 5) is 32.6. The number of aryl methyl sites for hydroxylation is 1. The summed E-state index contributed by atoms with van der Waals surface area (Å²) in [5, 5.41) is 7.37. The van der Waals surface area contributed by atoms with E-state index in [1.807, 2.05) is 0 Å². The normalized spacial score (nSPS) is 12.0. The summed E-state index contributed by atoms with van der Waals surface area (Å²) in [5.41, 5.74) is -2.72. The molecule has 2 amide bonds. The highest BCUT2D eigenvalue weighted by atomic mass is 19.4. The first-order chi connectivity index (χ1) is 20.5. The minimum Gasteiger partial charge on any atom is -0.471 e. The van der Waals surface area contributed by atoms with E-state index in [0.29, 0.717) is 5.56 Å². The summed E-state index contributed by atoms with van der Waals surface area (Å²) in [7, 11) is 1.36. The summed E-state index contributed by atoms with van der Waals surface area (Å²) in [6.45, 7) is 0.0135. The van der Waals surface area contributed by atoms with E-state index in [9.17, 15) is 44.7 Å². The molecule has 4 rings (SSSR count). The first-order valence-corrected chi connectivity index (χ1v) is 12.5. The summed E-state index contributed by atoms with van der Waals surface area (Å²) in [6, 6.07) is 7.66. The molecule has 0 spiro atoms. The van der Waals surface area contributed by atoms with Gasteiger partial charge < -0.3 is 20.7 Å². The standard InChI is InChI=1S/C27H22F8N6O3/c1-13(42)36-11-14-3-8-18(27(33,34)35)19(9-14)38-25-39-20-10-17(24(44-12-21(28)29)40-22(20)41(25)2)23(43)37-16-6-4-15(5-7-16)26(30,31)32/h3-10,21H,11-12H2,1-2H3,(H,36,42)(H,37,43)(H,38,39). The monoisotopic (exact) mass is 630 g/mol. The maximum Gasteiger partial charge on any atom is 0.418 e. The number of nitrogens with one attached hydrogen (secondary N) is 3. The second kappa shape index (κ2) is 12.3. The van der Waals surface area contributed by atoms with Gasteiger partial charge in [0.1, 0.15) is 11.1 Å². The van der Waals surface area contributed by atoms with Gasteiger partial charge in [0.15, 0.2) is 12.3 Å². The first kappa shape index (κ1) is 32.0. The number of alkyl halides is 8. The number of fused-ring (bicyclic) bond motifs is 1.